The maximum absolute atomic E-state index is 11.6. The van der Waals surface area contributed by atoms with Crippen molar-refractivity contribution in [1.82, 2.24) is 0 Å². The lowest BCUT2D eigenvalue weighted by atomic mass is 9.80. The van der Waals surface area contributed by atoms with E-state index in [-0.39, 0.29) is 0 Å². The minimum atomic E-state index is 0.296. The summed E-state index contributed by atoms with van der Waals surface area (Å²) in [6.07, 6.45) is 7.36. The monoisotopic (exact) mass is 258 g/mol. The zero-order valence-electron chi connectivity index (χ0n) is 11.7. The van der Waals surface area contributed by atoms with Crippen LogP contribution >= 0.6 is 0 Å². The predicted octanol–water partition coefficient (Wildman–Crippen LogP) is 4.04. The van der Waals surface area contributed by atoms with Crippen LogP contribution in [0.25, 0.3) is 0 Å². The number of carbonyl (C=O) groups excluding carboxylic acids is 1. The molecule has 0 saturated carbocycles. The van der Waals surface area contributed by atoms with Crippen molar-refractivity contribution in [3.8, 4) is 5.75 Å². The fourth-order valence-corrected chi connectivity index (χ4v) is 2.90. The van der Waals surface area contributed by atoms with Gasteiger partial charge in [0.05, 0.1) is 7.11 Å². The molecule has 1 aliphatic carbocycles. The highest BCUT2D eigenvalue weighted by Gasteiger charge is 2.21. The third-order valence-corrected chi connectivity index (χ3v) is 3.94. The molecule has 0 N–H and O–H groups in total. The van der Waals surface area contributed by atoms with Gasteiger partial charge in [-0.3, -0.25) is 4.79 Å². The molecule has 0 aliphatic heterocycles. The standard InChI is InChI=1S/C17H22O2/c1-3-5-15(18)10-8-13-6-4-7-14-9-11-16(19-2)12-17(13)14/h3,9,11-13H,1,4-8,10H2,2H3. The molecule has 19 heavy (non-hydrogen) atoms. The average molecular weight is 258 g/mol. The van der Waals surface area contributed by atoms with Crippen molar-refractivity contribution < 1.29 is 9.53 Å². The van der Waals surface area contributed by atoms with Crippen LogP contribution in [0.1, 0.15) is 49.1 Å². The van der Waals surface area contributed by atoms with Gasteiger partial charge in [-0.25, -0.2) is 0 Å². The van der Waals surface area contributed by atoms with Gasteiger partial charge in [0.1, 0.15) is 11.5 Å². The minimum absolute atomic E-state index is 0.296. The Balaban J connectivity index is 2.08. The van der Waals surface area contributed by atoms with E-state index in [2.05, 4.69) is 18.7 Å². The summed E-state index contributed by atoms with van der Waals surface area (Å²) in [7, 11) is 1.70. The van der Waals surface area contributed by atoms with Gasteiger partial charge in [0.2, 0.25) is 0 Å². The van der Waals surface area contributed by atoms with Gasteiger partial charge in [-0.15, -0.1) is 6.58 Å². The van der Waals surface area contributed by atoms with E-state index in [4.69, 9.17) is 4.74 Å². The van der Waals surface area contributed by atoms with E-state index in [9.17, 15) is 4.79 Å². The molecular formula is C17H22O2. The molecule has 0 bridgehead atoms. The van der Waals surface area contributed by atoms with E-state index < -0.39 is 0 Å². The second-order valence-electron chi connectivity index (χ2n) is 5.22. The molecule has 1 aromatic carbocycles. The van der Waals surface area contributed by atoms with Crippen LogP contribution in [0.5, 0.6) is 5.75 Å². The highest BCUT2D eigenvalue weighted by atomic mass is 16.5. The van der Waals surface area contributed by atoms with E-state index in [1.54, 1.807) is 13.2 Å². The molecule has 1 atom stereocenters. The number of carbonyl (C=O) groups is 1. The summed E-state index contributed by atoms with van der Waals surface area (Å²) in [5, 5.41) is 0. The maximum atomic E-state index is 11.6. The van der Waals surface area contributed by atoms with Crippen molar-refractivity contribution in [3.05, 3.63) is 42.0 Å². The molecular weight excluding hydrogens is 236 g/mol. The molecule has 0 fully saturated rings. The fraction of sp³-hybridized carbons (Fsp3) is 0.471. The summed E-state index contributed by atoms with van der Waals surface area (Å²) < 4.78 is 5.31. The first-order valence-corrected chi connectivity index (χ1v) is 7.04. The van der Waals surface area contributed by atoms with Gasteiger partial charge in [0.15, 0.2) is 0 Å². The summed E-state index contributed by atoms with van der Waals surface area (Å²) in [5.41, 5.74) is 2.81. The Morgan fingerprint density at radius 2 is 2.37 bits per heavy atom. The second-order valence-corrected chi connectivity index (χ2v) is 5.22. The van der Waals surface area contributed by atoms with Gasteiger partial charge in [-0.1, -0.05) is 12.1 Å². The molecule has 2 heteroatoms. The molecule has 0 amide bonds. The van der Waals surface area contributed by atoms with E-state index in [1.807, 2.05) is 6.07 Å². The molecule has 0 heterocycles. The summed E-state index contributed by atoms with van der Waals surface area (Å²) in [4.78, 5) is 11.6. The summed E-state index contributed by atoms with van der Waals surface area (Å²) >= 11 is 0. The number of methoxy groups -OCH3 is 1. The number of Topliss-reactive ketones (excluding diaryl/α,β-unsaturated/α-hetero) is 1. The van der Waals surface area contributed by atoms with Crippen molar-refractivity contribution in [2.24, 2.45) is 0 Å². The van der Waals surface area contributed by atoms with Crippen LogP contribution < -0.4 is 4.74 Å². The Morgan fingerprint density at radius 1 is 1.53 bits per heavy atom. The lowest BCUT2D eigenvalue weighted by Gasteiger charge is -2.25. The van der Waals surface area contributed by atoms with Crippen LogP contribution in [0, 0.1) is 0 Å². The van der Waals surface area contributed by atoms with Gasteiger partial charge in [0.25, 0.3) is 0 Å². The van der Waals surface area contributed by atoms with Crippen molar-refractivity contribution in [2.45, 2.75) is 44.4 Å². The van der Waals surface area contributed by atoms with Crippen molar-refractivity contribution >= 4 is 5.78 Å². The molecule has 2 nitrogen and oxygen atoms in total. The van der Waals surface area contributed by atoms with E-state index in [0.717, 1.165) is 18.6 Å². The quantitative estimate of drug-likeness (QED) is 0.720. The van der Waals surface area contributed by atoms with Crippen molar-refractivity contribution in [1.29, 1.82) is 0 Å². The first kappa shape index (κ1) is 13.9. The molecule has 102 valence electrons. The Labute approximate surface area is 115 Å². The Kier molecular flexibility index (Phi) is 4.78. The van der Waals surface area contributed by atoms with Crippen LogP contribution in [0.15, 0.2) is 30.9 Å². The normalized spacial score (nSPS) is 17.6. The number of allylic oxidation sites excluding steroid dienone is 1. The molecule has 0 saturated heterocycles. The number of benzene rings is 1. The van der Waals surface area contributed by atoms with Crippen molar-refractivity contribution in [2.75, 3.05) is 7.11 Å². The van der Waals surface area contributed by atoms with Crippen LogP contribution in [-0.4, -0.2) is 12.9 Å². The maximum Gasteiger partial charge on any atom is 0.136 e. The topological polar surface area (TPSA) is 26.3 Å². The Morgan fingerprint density at radius 3 is 3.11 bits per heavy atom. The third-order valence-electron chi connectivity index (χ3n) is 3.94. The number of fused-ring (bicyclic) bond motifs is 1. The van der Waals surface area contributed by atoms with Crippen LogP contribution in [0.3, 0.4) is 0 Å². The highest BCUT2D eigenvalue weighted by Crippen LogP contribution is 2.36. The zero-order chi connectivity index (χ0) is 13.7. The largest absolute Gasteiger partial charge is 0.497 e. The molecule has 2 rings (SSSR count). The summed E-state index contributed by atoms with van der Waals surface area (Å²) in [6, 6.07) is 6.35. The van der Waals surface area contributed by atoms with Crippen LogP contribution in [-0.2, 0) is 11.2 Å². The smallest absolute Gasteiger partial charge is 0.136 e. The number of hydrogen-bond donors (Lipinski definition) is 0. The van der Waals surface area contributed by atoms with E-state index in [0.29, 0.717) is 24.5 Å². The first-order chi connectivity index (χ1) is 9.24. The van der Waals surface area contributed by atoms with E-state index >= 15 is 0 Å². The number of hydrogen-bond acceptors (Lipinski definition) is 2. The van der Waals surface area contributed by atoms with Crippen LogP contribution in [0.2, 0.25) is 0 Å². The second kappa shape index (κ2) is 6.55. The minimum Gasteiger partial charge on any atom is -0.497 e. The lowest BCUT2D eigenvalue weighted by Crippen LogP contribution is -2.11. The molecule has 1 aliphatic rings. The van der Waals surface area contributed by atoms with Gasteiger partial charge >= 0.3 is 0 Å². The summed E-state index contributed by atoms with van der Waals surface area (Å²) in [6.45, 7) is 3.62. The first-order valence-electron chi connectivity index (χ1n) is 7.04. The van der Waals surface area contributed by atoms with Gasteiger partial charge in [-0.2, -0.15) is 0 Å². The van der Waals surface area contributed by atoms with Gasteiger partial charge < -0.3 is 4.74 Å². The molecule has 0 spiro atoms. The van der Waals surface area contributed by atoms with E-state index in [1.165, 1.54) is 24.0 Å². The number of ether oxygens (including phenoxy) is 1. The summed E-state index contributed by atoms with van der Waals surface area (Å²) in [5.74, 6) is 1.72. The number of aryl methyl sites for hydroxylation is 1. The number of rotatable bonds is 6. The van der Waals surface area contributed by atoms with Crippen molar-refractivity contribution in [3.63, 3.8) is 0 Å². The fourth-order valence-electron chi connectivity index (χ4n) is 2.90. The number of ketones is 1. The lowest BCUT2D eigenvalue weighted by molar-refractivity contribution is -0.118. The average Bonchev–Trinajstić information content (AvgIpc) is 2.44. The van der Waals surface area contributed by atoms with Gasteiger partial charge in [0, 0.05) is 12.8 Å². The zero-order valence-corrected chi connectivity index (χ0v) is 11.7. The molecule has 1 aromatic rings. The Bertz CT molecular complexity index is 462. The SMILES string of the molecule is C=CCC(=O)CCC1CCCc2ccc(OC)cc21. The third kappa shape index (κ3) is 3.46. The molecule has 0 radical (unpaired) electrons. The molecule has 0 aromatic heterocycles. The predicted molar refractivity (Wildman–Crippen MR) is 77.7 cm³/mol. The molecule has 1 unspecified atom stereocenters. The Hall–Kier alpha value is -1.57. The highest BCUT2D eigenvalue weighted by molar-refractivity contribution is 5.79. The van der Waals surface area contributed by atoms with Crippen LogP contribution in [0.4, 0.5) is 0 Å². The van der Waals surface area contributed by atoms with Gasteiger partial charge in [-0.05, 0) is 54.9 Å².